The molecule has 1 N–H and O–H groups in total. The molecule has 142 valence electrons. The van der Waals surface area contributed by atoms with Gasteiger partial charge in [0.15, 0.2) is 0 Å². The summed E-state index contributed by atoms with van der Waals surface area (Å²) in [5, 5.41) is 2.66. The lowest BCUT2D eigenvalue weighted by molar-refractivity contribution is -0.140. The highest BCUT2D eigenvalue weighted by Gasteiger charge is 2.17. The van der Waals surface area contributed by atoms with Gasteiger partial charge < -0.3 is 14.8 Å². The molecule has 0 spiro atoms. The minimum Gasteiger partial charge on any atom is -0.425 e. The van der Waals surface area contributed by atoms with Crippen LogP contribution in [0.4, 0.5) is 5.69 Å². The quantitative estimate of drug-likeness (QED) is 0.492. The third kappa shape index (κ3) is 5.53. The Hall–Kier alpha value is -3.44. The second kappa shape index (κ2) is 9.48. The van der Waals surface area contributed by atoms with Crippen LogP contribution in [0.5, 0.6) is 5.75 Å². The second-order valence-corrected chi connectivity index (χ2v) is 6.19. The fraction of sp³-hybridized carbons (Fsp3) is 0.130. The zero-order valence-electron chi connectivity index (χ0n) is 15.5. The van der Waals surface area contributed by atoms with Crippen LogP contribution in [0.25, 0.3) is 0 Å². The summed E-state index contributed by atoms with van der Waals surface area (Å²) in [5.41, 5.74) is 2.55. The second-order valence-electron chi connectivity index (χ2n) is 6.19. The van der Waals surface area contributed by atoms with E-state index in [9.17, 15) is 9.59 Å². The molecule has 3 rings (SSSR count). The van der Waals surface area contributed by atoms with Gasteiger partial charge in [0.25, 0.3) is 0 Å². The Labute approximate surface area is 163 Å². The minimum absolute atomic E-state index is 0.161. The van der Waals surface area contributed by atoms with E-state index in [0.29, 0.717) is 11.4 Å². The maximum Gasteiger partial charge on any atom is 0.337 e. The molecule has 0 aliphatic carbocycles. The number of hydrogen-bond acceptors (Lipinski definition) is 4. The van der Waals surface area contributed by atoms with E-state index in [0.717, 1.165) is 11.1 Å². The van der Waals surface area contributed by atoms with Crippen molar-refractivity contribution in [2.45, 2.75) is 13.0 Å². The van der Waals surface area contributed by atoms with Crippen LogP contribution in [0.1, 0.15) is 24.2 Å². The van der Waals surface area contributed by atoms with Gasteiger partial charge in [-0.1, -0.05) is 60.7 Å². The number of nitrogens with one attached hydrogen (secondary N) is 1. The number of esters is 1. The molecular weight excluding hydrogens is 354 g/mol. The van der Waals surface area contributed by atoms with Crippen molar-refractivity contribution < 1.29 is 19.1 Å². The van der Waals surface area contributed by atoms with Gasteiger partial charge in [0.05, 0.1) is 0 Å². The summed E-state index contributed by atoms with van der Waals surface area (Å²) in [7, 11) is 0. The molecule has 0 heterocycles. The number of benzene rings is 3. The van der Waals surface area contributed by atoms with Crippen LogP contribution in [-0.4, -0.2) is 18.5 Å². The third-order valence-electron chi connectivity index (χ3n) is 3.98. The lowest BCUT2D eigenvalue weighted by Gasteiger charge is -2.18. The molecule has 0 saturated heterocycles. The van der Waals surface area contributed by atoms with Crippen molar-refractivity contribution in [1.82, 2.24) is 0 Å². The van der Waals surface area contributed by atoms with Gasteiger partial charge in [0, 0.05) is 12.6 Å². The van der Waals surface area contributed by atoms with Gasteiger partial charge >= 0.3 is 5.97 Å². The van der Waals surface area contributed by atoms with Gasteiger partial charge in [-0.2, -0.15) is 0 Å². The van der Waals surface area contributed by atoms with E-state index in [1.54, 1.807) is 24.3 Å². The Kier molecular flexibility index (Phi) is 6.54. The van der Waals surface area contributed by atoms with Gasteiger partial charge in [-0.15, -0.1) is 0 Å². The summed E-state index contributed by atoms with van der Waals surface area (Å²) in [5.74, 6) is -0.270. The van der Waals surface area contributed by atoms with E-state index in [4.69, 9.17) is 9.47 Å². The van der Waals surface area contributed by atoms with Crippen molar-refractivity contribution in [3.63, 3.8) is 0 Å². The molecule has 1 amide bonds. The molecule has 0 radical (unpaired) electrons. The van der Waals surface area contributed by atoms with Gasteiger partial charge in [0.2, 0.25) is 5.91 Å². The van der Waals surface area contributed by atoms with E-state index in [2.05, 4.69) is 5.32 Å². The lowest BCUT2D eigenvalue weighted by Crippen LogP contribution is -2.18. The molecule has 0 aromatic heterocycles. The Bertz CT molecular complexity index is 869. The van der Waals surface area contributed by atoms with Crippen molar-refractivity contribution in [3.05, 3.63) is 96.1 Å². The van der Waals surface area contributed by atoms with E-state index < -0.39 is 5.97 Å². The molecule has 0 aliphatic heterocycles. The zero-order chi connectivity index (χ0) is 19.8. The molecule has 0 fully saturated rings. The first kappa shape index (κ1) is 19.3. The Balaban J connectivity index is 1.63. The van der Waals surface area contributed by atoms with E-state index in [1.807, 2.05) is 60.7 Å². The Morgan fingerprint density at radius 1 is 0.821 bits per heavy atom. The number of hydrogen-bond donors (Lipinski definition) is 1. The average Bonchev–Trinajstić information content (AvgIpc) is 2.71. The molecule has 0 saturated carbocycles. The first-order valence-electron chi connectivity index (χ1n) is 8.91. The largest absolute Gasteiger partial charge is 0.425 e. The number of carbonyl (C=O) groups excluding carboxylic acids is 2. The number of anilines is 1. The fourth-order valence-corrected chi connectivity index (χ4v) is 2.76. The fourth-order valence-electron chi connectivity index (χ4n) is 2.76. The first-order chi connectivity index (χ1) is 13.6. The molecule has 5 heteroatoms. The van der Waals surface area contributed by atoms with E-state index in [1.165, 1.54) is 6.92 Å². The van der Waals surface area contributed by atoms with Crippen molar-refractivity contribution in [2.24, 2.45) is 0 Å². The normalized spacial score (nSPS) is 10.5. The topological polar surface area (TPSA) is 64.6 Å². The number of amides is 1. The first-order valence-corrected chi connectivity index (χ1v) is 8.91. The molecule has 0 aliphatic rings. The predicted octanol–water partition coefficient (Wildman–Crippen LogP) is 4.36. The lowest BCUT2D eigenvalue weighted by atomic mass is 10.0. The zero-order valence-corrected chi connectivity index (χ0v) is 15.5. The highest BCUT2D eigenvalue weighted by atomic mass is 16.6. The van der Waals surface area contributed by atoms with Crippen molar-refractivity contribution >= 4 is 17.6 Å². The monoisotopic (exact) mass is 375 g/mol. The summed E-state index contributed by atoms with van der Waals surface area (Å²) in [6.45, 7) is 1.24. The maximum atomic E-state index is 12.2. The van der Waals surface area contributed by atoms with Crippen molar-refractivity contribution in [3.8, 4) is 5.75 Å². The predicted molar refractivity (Wildman–Crippen MR) is 107 cm³/mol. The van der Waals surface area contributed by atoms with Crippen LogP contribution in [-0.2, 0) is 14.3 Å². The standard InChI is InChI=1S/C23H21NO4/c1-17(25)24-20-12-14-21(15-13-20)28-22(26)16-27-23(18-8-4-2-5-9-18)19-10-6-3-7-11-19/h2-15,23H,16H2,1H3,(H,24,25). The minimum atomic E-state index is -0.496. The summed E-state index contributed by atoms with van der Waals surface area (Å²) in [6.07, 6.45) is -0.364. The third-order valence-corrected chi connectivity index (χ3v) is 3.98. The molecule has 3 aromatic rings. The molecule has 3 aromatic carbocycles. The van der Waals surface area contributed by atoms with Crippen LogP contribution >= 0.6 is 0 Å². The Morgan fingerprint density at radius 2 is 1.36 bits per heavy atom. The van der Waals surface area contributed by atoms with Crippen LogP contribution in [0, 0.1) is 0 Å². The molecule has 0 unspecified atom stereocenters. The number of ether oxygens (including phenoxy) is 2. The van der Waals surface area contributed by atoms with Crippen LogP contribution < -0.4 is 10.1 Å². The van der Waals surface area contributed by atoms with Crippen LogP contribution in [0.3, 0.4) is 0 Å². The van der Waals surface area contributed by atoms with Gasteiger partial charge in [0.1, 0.15) is 18.5 Å². The average molecular weight is 375 g/mol. The summed E-state index contributed by atoms with van der Waals surface area (Å²) in [6, 6.07) is 26.0. The highest BCUT2D eigenvalue weighted by Crippen LogP contribution is 2.26. The number of carbonyl (C=O) groups is 2. The highest BCUT2D eigenvalue weighted by molar-refractivity contribution is 5.88. The molecule has 0 atom stereocenters. The van der Waals surface area contributed by atoms with Gasteiger partial charge in [-0.25, -0.2) is 4.79 Å². The summed E-state index contributed by atoms with van der Waals surface area (Å²) < 4.78 is 11.2. The van der Waals surface area contributed by atoms with Crippen LogP contribution in [0.2, 0.25) is 0 Å². The van der Waals surface area contributed by atoms with E-state index >= 15 is 0 Å². The summed E-state index contributed by atoms with van der Waals surface area (Å²) >= 11 is 0. The molecule has 0 bridgehead atoms. The van der Waals surface area contributed by atoms with E-state index in [-0.39, 0.29) is 18.6 Å². The maximum absolute atomic E-state index is 12.2. The smallest absolute Gasteiger partial charge is 0.337 e. The Morgan fingerprint density at radius 3 is 1.86 bits per heavy atom. The number of rotatable bonds is 7. The summed E-state index contributed by atoms with van der Waals surface area (Å²) in [4.78, 5) is 23.3. The van der Waals surface area contributed by atoms with Crippen molar-refractivity contribution in [1.29, 1.82) is 0 Å². The SMILES string of the molecule is CC(=O)Nc1ccc(OC(=O)COC(c2ccccc2)c2ccccc2)cc1. The molecule has 28 heavy (non-hydrogen) atoms. The van der Waals surface area contributed by atoms with Crippen molar-refractivity contribution in [2.75, 3.05) is 11.9 Å². The molecule has 5 nitrogen and oxygen atoms in total. The van der Waals surface area contributed by atoms with Gasteiger partial charge in [-0.05, 0) is 35.4 Å². The van der Waals surface area contributed by atoms with Crippen LogP contribution in [0.15, 0.2) is 84.9 Å². The van der Waals surface area contributed by atoms with Gasteiger partial charge in [-0.3, -0.25) is 4.79 Å². The molecular formula is C23H21NO4.